The third kappa shape index (κ3) is 1.77. The third-order valence-corrected chi connectivity index (χ3v) is 2.70. The fourth-order valence-corrected chi connectivity index (χ4v) is 1.76. The summed E-state index contributed by atoms with van der Waals surface area (Å²) in [4.78, 5) is 12.0. The average Bonchev–Trinajstić information content (AvgIpc) is 2.84. The molecule has 0 aliphatic carbocycles. The van der Waals surface area contributed by atoms with E-state index in [2.05, 4.69) is 10.2 Å². The summed E-state index contributed by atoms with van der Waals surface area (Å²) in [6.45, 7) is 0.377. The second-order valence-electron chi connectivity index (χ2n) is 3.92. The van der Waals surface area contributed by atoms with Gasteiger partial charge in [-0.25, -0.2) is 4.39 Å². The van der Waals surface area contributed by atoms with Crippen molar-refractivity contribution in [2.75, 3.05) is 0 Å². The summed E-state index contributed by atoms with van der Waals surface area (Å²) in [7, 11) is 0. The lowest BCUT2D eigenvalue weighted by Gasteiger charge is -2.05. The van der Waals surface area contributed by atoms with Crippen LogP contribution in [0, 0.1) is 5.82 Å². The molecule has 0 saturated carbocycles. The Morgan fingerprint density at radius 2 is 1.94 bits per heavy atom. The van der Waals surface area contributed by atoms with Gasteiger partial charge in [-0.2, -0.15) is 0 Å². The van der Waals surface area contributed by atoms with E-state index in [1.54, 1.807) is 28.9 Å². The zero-order chi connectivity index (χ0) is 12.5. The van der Waals surface area contributed by atoms with Crippen LogP contribution in [0.2, 0.25) is 0 Å². The smallest absolute Gasteiger partial charge is 0.296 e. The molecular weight excluding hydrogens is 235 g/mol. The van der Waals surface area contributed by atoms with E-state index in [0.717, 1.165) is 5.56 Å². The second kappa shape index (κ2) is 4.06. The van der Waals surface area contributed by atoms with Crippen LogP contribution >= 0.6 is 0 Å². The third-order valence-electron chi connectivity index (χ3n) is 2.70. The minimum atomic E-state index is -0.293. The molecule has 0 bridgehead atoms. The van der Waals surface area contributed by atoms with Crippen LogP contribution in [0.25, 0.3) is 5.65 Å². The number of hydrogen-bond acceptors (Lipinski definition) is 3. The summed E-state index contributed by atoms with van der Waals surface area (Å²) in [5.74, 6) is -0.293. The quantitative estimate of drug-likeness (QED) is 0.677. The molecule has 5 nitrogen and oxygen atoms in total. The zero-order valence-electron chi connectivity index (χ0n) is 9.32. The minimum Gasteiger partial charge on any atom is -0.306 e. The van der Waals surface area contributed by atoms with Gasteiger partial charge >= 0.3 is 0 Å². The van der Waals surface area contributed by atoms with Crippen LogP contribution in [0.4, 0.5) is 4.39 Å². The predicted molar refractivity (Wildman–Crippen MR) is 62.7 cm³/mol. The van der Waals surface area contributed by atoms with Crippen LogP contribution in [-0.2, 0) is 6.54 Å². The topological polar surface area (TPSA) is 52.2 Å². The molecule has 0 saturated heterocycles. The van der Waals surface area contributed by atoms with Crippen molar-refractivity contribution in [3.63, 3.8) is 0 Å². The van der Waals surface area contributed by atoms with Crippen LogP contribution in [0.1, 0.15) is 5.56 Å². The van der Waals surface area contributed by atoms with Crippen LogP contribution < -0.4 is 5.56 Å². The number of aromatic nitrogens is 4. The Hall–Kier alpha value is -2.50. The first kappa shape index (κ1) is 10.6. The van der Waals surface area contributed by atoms with Gasteiger partial charge < -0.3 is 4.57 Å². The summed E-state index contributed by atoms with van der Waals surface area (Å²) < 4.78 is 15.9. The maximum atomic E-state index is 12.8. The highest BCUT2D eigenvalue weighted by Crippen LogP contribution is 2.04. The van der Waals surface area contributed by atoms with Gasteiger partial charge in [-0.15, -0.1) is 10.2 Å². The van der Waals surface area contributed by atoms with Crippen molar-refractivity contribution in [2.24, 2.45) is 0 Å². The van der Waals surface area contributed by atoms with Gasteiger partial charge in [0.2, 0.25) is 5.65 Å². The number of hydrogen-bond donors (Lipinski definition) is 0. The van der Waals surface area contributed by atoms with Gasteiger partial charge in [0.15, 0.2) is 0 Å². The molecule has 1 aromatic carbocycles. The fraction of sp³-hybridized carbons (Fsp3) is 0.0833. The van der Waals surface area contributed by atoms with Gasteiger partial charge in [-0.3, -0.25) is 9.20 Å². The molecule has 0 amide bonds. The van der Waals surface area contributed by atoms with Crippen molar-refractivity contribution in [3.8, 4) is 0 Å². The normalized spacial score (nSPS) is 10.9. The lowest BCUT2D eigenvalue weighted by molar-refractivity contribution is 0.626. The van der Waals surface area contributed by atoms with Crippen molar-refractivity contribution >= 4 is 5.65 Å². The van der Waals surface area contributed by atoms with E-state index >= 15 is 0 Å². The molecule has 3 rings (SSSR count). The summed E-state index contributed by atoms with van der Waals surface area (Å²) in [5.41, 5.74) is 0.904. The maximum Gasteiger partial charge on any atom is 0.296 e. The van der Waals surface area contributed by atoms with E-state index in [9.17, 15) is 9.18 Å². The fourth-order valence-electron chi connectivity index (χ4n) is 1.76. The minimum absolute atomic E-state index is 0.223. The van der Waals surface area contributed by atoms with Gasteiger partial charge in [0, 0.05) is 12.4 Å². The van der Waals surface area contributed by atoms with E-state index in [1.165, 1.54) is 23.0 Å². The number of halogens is 1. The highest BCUT2D eigenvalue weighted by Gasteiger charge is 2.05. The molecule has 0 unspecified atom stereocenters. The molecule has 0 aliphatic heterocycles. The van der Waals surface area contributed by atoms with Crippen molar-refractivity contribution in [1.29, 1.82) is 0 Å². The highest BCUT2D eigenvalue weighted by molar-refractivity contribution is 5.32. The van der Waals surface area contributed by atoms with Crippen molar-refractivity contribution < 1.29 is 4.39 Å². The number of fused-ring (bicyclic) bond motifs is 1. The Morgan fingerprint density at radius 3 is 2.72 bits per heavy atom. The first-order chi connectivity index (χ1) is 8.74. The standard InChI is InChI=1S/C12H9FN4O/c13-10-3-1-9(2-4-10)7-16-5-6-17-8-14-15-11(17)12(16)18/h1-6,8H,7H2. The van der Waals surface area contributed by atoms with Crippen molar-refractivity contribution in [1.82, 2.24) is 19.2 Å². The van der Waals surface area contributed by atoms with Gasteiger partial charge in [-0.1, -0.05) is 12.1 Å². The molecular formula is C12H9FN4O. The van der Waals surface area contributed by atoms with Crippen LogP contribution in [-0.4, -0.2) is 19.2 Å². The Labute approximate surface area is 101 Å². The van der Waals surface area contributed by atoms with Crippen molar-refractivity contribution in [3.05, 3.63) is 64.7 Å². The predicted octanol–water partition coefficient (Wildman–Crippen LogP) is 1.08. The highest BCUT2D eigenvalue weighted by atomic mass is 19.1. The zero-order valence-corrected chi connectivity index (χ0v) is 9.32. The van der Waals surface area contributed by atoms with Gasteiger partial charge in [0.05, 0.1) is 6.54 Å². The second-order valence-corrected chi connectivity index (χ2v) is 3.92. The Kier molecular flexibility index (Phi) is 2.40. The molecule has 6 heteroatoms. The molecule has 0 aliphatic rings. The number of nitrogens with zero attached hydrogens (tertiary/aromatic N) is 4. The van der Waals surface area contributed by atoms with Gasteiger partial charge in [-0.05, 0) is 17.7 Å². The van der Waals surface area contributed by atoms with E-state index in [-0.39, 0.29) is 17.0 Å². The van der Waals surface area contributed by atoms with E-state index < -0.39 is 0 Å². The summed E-state index contributed by atoms with van der Waals surface area (Å²) >= 11 is 0. The van der Waals surface area contributed by atoms with E-state index in [4.69, 9.17) is 0 Å². The summed E-state index contributed by atoms with van der Waals surface area (Å²) in [6, 6.07) is 6.04. The van der Waals surface area contributed by atoms with Crippen LogP contribution in [0.5, 0.6) is 0 Å². The molecule has 2 aromatic heterocycles. The van der Waals surface area contributed by atoms with Gasteiger partial charge in [0.25, 0.3) is 5.56 Å². The SMILES string of the molecule is O=c1c2nncn2ccn1Cc1ccc(F)cc1. The maximum absolute atomic E-state index is 12.8. The van der Waals surface area contributed by atoms with E-state index in [0.29, 0.717) is 6.54 Å². The Morgan fingerprint density at radius 1 is 1.17 bits per heavy atom. The van der Waals surface area contributed by atoms with Gasteiger partial charge in [0.1, 0.15) is 12.1 Å². The molecule has 0 radical (unpaired) electrons. The molecule has 0 atom stereocenters. The Bertz CT molecular complexity index is 745. The summed E-state index contributed by atoms with van der Waals surface area (Å²) in [5, 5.41) is 7.43. The van der Waals surface area contributed by atoms with Crippen LogP contribution in [0.3, 0.4) is 0 Å². The van der Waals surface area contributed by atoms with Crippen molar-refractivity contribution in [2.45, 2.75) is 6.54 Å². The molecule has 18 heavy (non-hydrogen) atoms. The molecule has 2 heterocycles. The lowest BCUT2D eigenvalue weighted by Crippen LogP contribution is -2.22. The van der Waals surface area contributed by atoms with E-state index in [1.807, 2.05) is 0 Å². The van der Waals surface area contributed by atoms with Crippen LogP contribution in [0.15, 0.2) is 47.8 Å². The largest absolute Gasteiger partial charge is 0.306 e. The first-order valence-corrected chi connectivity index (χ1v) is 5.37. The number of rotatable bonds is 2. The molecule has 0 N–H and O–H groups in total. The lowest BCUT2D eigenvalue weighted by atomic mass is 10.2. The molecule has 0 fully saturated rings. The molecule has 0 spiro atoms. The molecule has 90 valence electrons. The average molecular weight is 244 g/mol. The monoisotopic (exact) mass is 244 g/mol. The Balaban J connectivity index is 2.02. The summed E-state index contributed by atoms with van der Waals surface area (Å²) in [6.07, 6.45) is 4.83. The first-order valence-electron chi connectivity index (χ1n) is 5.37. The number of benzene rings is 1. The molecule has 3 aromatic rings.